The van der Waals surface area contributed by atoms with E-state index in [1.54, 1.807) is 21.3 Å². The molecule has 2 aromatic rings. The third-order valence-corrected chi connectivity index (χ3v) is 4.12. The second kappa shape index (κ2) is 6.28. The van der Waals surface area contributed by atoms with Gasteiger partial charge in [-0.2, -0.15) is 0 Å². The van der Waals surface area contributed by atoms with Crippen molar-refractivity contribution in [1.82, 2.24) is 5.32 Å². The molecule has 0 aromatic heterocycles. The quantitative estimate of drug-likeness (QED) is 0.942. The van der Waals surface area contributed by atoms with Gasteiger partial charge in [0.15, 0.2) is 11.5 Å². The molecular weight excluding hydrogens is 278 g/mol. The molecule has 0 unspecified atom stereocenters. The van der Waals surface area contributed by atoms with Crippen molar-refractivity contribution < 1.29 is 14.2 Å². The van der Waals surface area contributed by atoms with Crippen molar-refractivity contribution in [3.63, 3.8) is 0 Å². The van der Waals surface area contributed by atoms with Crippen LogP contribution in [-0.4, -0.2) is 27.9 Å². The minimum absolute atomic E-state index is 0.774. The maximum Gasteiger partial charge on any atom is 0.168 e. The van der Waals surface area contributed by atoms with Crippen LogP contribution in [0.5, 0.6) is 17.2 Å². The Balaban J connectivity index is 2.22. The van der Waals surface area contributed by atoms with Gasteiger partial charge < -0.3 is 19.5 Å². The molecule has 2 aromatic carbocycles. The van der Waals surface area contributed by atoms with Gasteiger partial charge in [-0.3, -0.25) is 0 Å². The zero-order chi connectivity index (χ0) is 15.5. The van der Waals surface area contributed by atoms with E-state index in [9.17, 15) is 0 Å². The van der Waals surface area contributed by atoms with E-state index in [1.165, 1.54) is 11.1 Å². The zero-order valence-electron chi connectivity index (χ0n) is 13.2. The maximum atomic E-state index is 5.67. The zero-order valence-corrected chi connectivity index (χ0v) is 13.2. The van der Waals surface area contributed by atoms with Crippen LogP contribution in [0.2, 0.25) is 0 Å². The molecule has 1 N–H and O–H groups in total. The third kappa shape index (κ3) is 2.50. The number of rotatable bonds is 4. The highest BCUT2D eigenvalue weighted by molar-refractivity contribution is 5.79. The number of hydrogen-bond acceptors (Lipinski definition) is 4. The number of methoxy groups -OCH3 is 3. The fourth-order valence-electron chi connectivity index (χ4n) is 3.03. The molecule has 0 bridgehead atoms. The van der Waals surface area contributed by atoms with E-state index in [-0.39, 0.29) is 0 Å². The van der Waals surface area contributed by atoms with Crippen LogP contribution in [0.25, 0.3) is 11.1 Å². The molecule has 116 valence electrons. The smallest absolute Gasteiger partial charge is 0.168 e. The Labute approximate surface area is 131 Å². The lowest BCUT2D eigenvalue weighted by molar-refractivity contribution is 0.354. The number of fused-ring (bicyclic) bond motifs is 1. The van der Waals surface area contributed by atoms with Gasteiger partial charge in [0.25, 0.3) is 0 Å². The van der Waals surface area contributed by atoms with E-state index in [2.05, 4.69) is 23.5 Å². The van der Waals surface area contributed by atoms with Gasteiger partial charge in [0, 0.05) is 12.1 Å². The Morgan fingerprint density at radius 1 is 0.955 bits per heavy atom. The highest BCUT2D eigenvalue weighted by atomic mass is 16.5. The summed E-state index contributed by atoms with van der Waals surface area (Å²) in [4.78, 5) is 0. The molecule has 3 rings (SSSR count). The summed E-state index contributed by atoms with van der Waals surface area (Å²) in [5, 5.41) is 3.41. The van der Waals surface area contributed by atoms with Gasteiger partial charge >= 0.3 is 0 Å². The molecule has 0 saturated heterocycles. The highest BCUT2D eigenvalue weighted by Crippen LogP contribution is 2.43. The normalized spacial score (nSPS) is 13.4. The number of ether oxygens (including phenoxy) is 3. The molecule has 4 heteroatoms. The van der Waals surface area contributed by atoms with Crippen LogP contribution in [0.4, 0.5) is 0 Å². The summed E-state index contributed by atoms with van der Waals surface area (Å²) in [7, 11) is 5.05. The Hall–Kier alpha value is -2.20. The average molecular weight is 299 g/mol. The van der Waals surface area contributed by atoms with Gasteiger partial charge in [-0.25, -0.2) is 0 Å². The van der Waals surface area contributed by atoms with Crippen LogP contribution in [0.1, 0.15) is 11.1 Å². The Morgan fingerprint density at radius 2 is 1.73 bits per heavy atom. The Bertz CT molecular complexity index is 651. The van der Waals surface area contributed by atoms with Gasteiger partial charge in [-0.15, -0.1) is 0 Å². The van der Waals surface area contributed by atoms with Crippen molar-refractivity contribution >= 4 is 0 Å². The Morgan fingerprint density at radius 3 is 2.36 bits per heavy atom. The summed E-state index contributed by atoms with van der Waals surface area (Å²) >= 11 is 0. The third-order valence-electron chi connectivity index (χ3n) is 4.12. The van der Waals surface area contributed by atoms with Crippen LogP contribution < -0.4 is 19.5 Å². The van der Waals surface area contributed by atoms with E-state index in [0.717, 1.165) is 47.9 Å². The lowest BCUT2D eigenvalue weighted by Gasteiger charge is -2.24. The SMILES string of the molecule is COc1ccc(-c2c3c(cc(OC)c2OC)CNCC3)cc1. The topological polar surface area (TPSA) is 39.7 Å². The van der Waals surface area contributed by atoms with Crippen LogP contribution in [-0.2, 0) is 13.0 Å². The van der Waals surface area contributed by atoms with Gasteiger partial charge in [-0.05, 0) is 47.9 Å². The van der Waals surface area contributed by atoms with Crippen molar-refractivity contribution in [2.75, 3.05) is 27.9 Å². The average Bonchev–Trinajstić information content (AvgIpc) is 2.60. The molecule has 1 heterocycles. The van der Waals surface area contributed by atoms with E-state index in [1.807, 2.05) is 12.1 Å². The first-order valence-corrected chi connectivity index (χ1v) is 7.40. The summed E-state index contributed by atoms with van der Waals surface area (Å²) in [6.07, 6.45) is 0.983. The van der Waals surface area contributed by atoms with Crippen LogP contribution in [0.3, 0.4) is 0 Å². The van der Waals surface area contributed by atoms with Crippen molar-refractivity contribution in [2.24, 2.45) is 0 Å². The molecule has 0 amide bonds. The second-order valence-electron chi connectivity index (χ2n) is 5.28. The molecule has 4 nitrogen and oxygen atoms in total. The van der Waals surface area contributed by atoms with Crippen LogP contribution in [0.15, 0.2) is 30.3 Å². The van der Waals surface area contributed by atoms with Crippen molar-refractivity contribution in [1.29, 1.82) is 0 Å². The molecule has 0 spiro atoms. The standard InChI is InChI=1S/C18H21NO3/c1-20-14-6-4-12(5-7-14)17-15-8-9-19-11-13(15)10-16(21-2)18(17)22-3/h4-7,10,19H,8-9,11H2,1-3H3. The summed E-state index contributed by atoms with van der Waals surface area (Å²) in [6.45, 7) is 1.84. The predicted molar refractivity (Wildman–Crippen MR) is 86.9 cm³/mol. The predicted octanol–water partition coefficient (Wildman–Crippen LogP) is 3.03. The highest BCUT2D eigenvalue weighted by Gasteiger charge is 2.22. The van der Waals surface area contributed by atoms with Crippen molar-refractivity contribution in [3.8, 4) is 28.4 Å². The lowest BCUT2D eigenvalue weighted by Crippen LogP contribution is -2.24. The fraction of sp³-hybridized carbons (Fsp3) is 0.333. The molecule has 0 fully saturated rings. The maximum absolute atomic E-state index is 5.67. The first kappa shape index (κ1) is 14.7. The first-order valence-electron chi connectivity index (χ1n) is 7.40. The van der Waals surface area contributed by atoms with Crippen molar-refractivity contribution in [2.45, 2.75) is 13.0 Å². The molecular formula is C18H21NO3. The minimum Gasteiger partial charge on any atom is -0.497 e. The van der Waals surface area contributed by atoms with Crippen molar-refractivity contribution in [3.05, 3.63) is 41.5 Å². The Kier molecular flexibility index (Phi) is 4.20. The van der Waals surface area contributed by atoms with Gasteiger partial charge in [0.1, 0.15) is 5.75 Å². The molecule has 0 aliphatic carbocycles. The molecule has 1 aliphatic heterocycles. The molecule has 0 saturated carbocycles. The van der Waals surface area contributed by atoms with Crippen LogP contribution >= 0.6 is 0 Å². The minimum atomic E-state index is 0.774. The summed E-state index contributed by atoms with van der Waals surface area (Å²) in [5.74, 6) is 2.42. The molecule has 0 radical (unpaired) electrons. The van der Waals surface area contributed by atoms with Gasteiger partial charge in [0.05, 0.1) is 21.3 Å². The molecule has 22 heavy (non-hydrogen) atoms. The first-order chi connectivity index (χ1) is 10.8. The van der Waals surface area contributed by atoms with E-state index in [0.29, 0.717) is 0 Å². The van der Waals surface area contributed by atoms with E-state index in [4.69, 9.17) is 14.2 Å². The fourth-order valence-corrected chi connectivity index (χ4v) is 3.03. The molecule has 1 aliphatic rings. The van der Waals surface area contributed by atoms with Gasteiger partial charge in [0.2, 0.25) is 0 Å². The number of hydrogen-bond donors (Lipinski definition) is 1. The van der Waals surface area contributed by atoms with E-state index < -0.39 is 0 Å². The lowest BCUT2D eigenvalue weighted by atomic mass is 9.90. The summed E-state index contributed by atoms with van der Waals surface area (Å²) in [6, 6.07) is 10.2. The summed E-state index contributed by atoms with van der Waals surface area (Å²) in [5.41, 5.74) is 4.85. The number of benzene rings is 2. The largest absolute Gasteiger partial charge is 0.497 e. The van der Waals surface area contributed by atoms with Gasteiger partial charge in [-0.1, -0.05) is 12.1 Å². The van der Waals surface area contributed by atoms with E-state index >= 15 is 0 Å². The van der Waals surface area contributed by atoms with Crippen LogP contribution in [0, 0.1) is 0 Å². The summed E-state index contributed by atoms with van der Waals surface area (Å²) < 4.78 is 16.5. The molecule has 0 atom stereocenters. The second-order valence-corrected chi connectivity index (χ2v) is 5.28. The number of nitrogens with one attached hydrogen (secondary N) is 1. The monoisotopic (exact) mass is 299 g/mol.